The van der Waals surface area contributed by atoms with Crippen LogP contribution in [0.1, 0.15) is 26.2 Å². The SMILES string of the molecule is CC(=O)Nc1nnc(S(=O)(=O)NC(CC(=O)O)C2CC2)s1. The second-order valence-corrected chi connectivity index (χ2v) is 7.58. The minimum absolute atomic E-state index is 0.0404. The quantitative estimate of drug-likeness (QED) is 0.598. The first-order valence-electron chi connectivity index (χ1n) is 6.13. The number of carboxylic acids is 1. The summed E-state index contributed by atoms with van der Waals surface area (Å²) >= 11 is 0.709. The zero-order valence-corrected chi connectivity index (χ0v) is 12.7. The largest absolute Gasteiger partial charge is 0.481 e. The van der Waals surface area contributed by atoms with Crippen molar-refractivity contribution in [2.24, 2.45) is 5.92 Å². The molecule has 2 rings (SSSR count). The van der Waals surface area contributed by atoms with E-state index >= 15 is 0 Å². The third kappa shape index (κ3) is 4.44. The maximum absolute atomic E-state index is 12.1. The molecule has 0 aromatic carbocycles. The first-order valence-corrected chi connectivity index (χ1v) is 8.43. The predicted octanol–water partition coefficient (Wildman–Crippen LogP) is 0.0281. The van der Waals surface area contributed by atoms with Crippen LogP contribution in [0.5, 0.6) is 0 Å². The average Bonchev–Trinajstić information content (AvgIpc) is 3.07. The summed E-state index contributed by atoms with van der Waals surface area (Å²) in [7, 11) is -3.94. The zero-order valence-electron chi connectivity index (χ0n) is 11.1. The number of hydrogen-bond acceptors (Lipinski definition) is 7. The van der Waals surface area contributed by atoms with Gasteiger partial charge in [-0.1, -0.05) is 11.3 Å². The highest BCUT2D eigenvalue weighted by Gasteiger charge is 2.36. The summed E-state index contributed by atoms with van der Waals surface area (Å²) in [6, 6.07) is -0.652. The second-order valence-electron chi connectivity index (χ2n) is 4.72. The lowest BCUT2D eigenvalue weighted by atomic mass is 10.1. The molecule has 0 radical (unpaired) electrons. The number of anilines is 1. The standard InChI is InChI=1S/C10H14N4O5S2/c1-5(15)11-9-12-13-10(20-9)21(18,19)14-7(4-8(16)17)6-2-3-6/h6-7,14H,2-4H2,1H3,(H,16,17)(H,11,12,15). The van der Waals surface area contributed by atoms with Gasteiger partial charge < -0.3 is 10.4 Å². The first kappa shape index (κ1) is 15.8. The van der Waals surface area contributed by atoms with E-state index in [0.29, 0.717) is 11.3 Å². The van der Waals surface area contributed by atoms with Crippen molar-refractivity contribution in [1.82, 2.24) is 14.9 Å². The number of carbonyl (C=O) groups is 2. The number of nitrogens with one attached hydrogen (secondary N) is 2. The van der Waals surface area contributed by atoms with E-state index in [4.69, 9.17) is 5.11 Å². The van der Waals surface area contributed by atoms with Crippen LogP contribution in [0.4, 0.5) is 5.13 Å². The van der Waals surface area contributed by atoms with E-state index in [1.54, 1.807) is 0 Å². The van der Waals surface area contributed by atoms with E-state index < -0.39 is 22.0 Å². The summed E-state index contributed by atoms with van der Waals surface area (Å²) in [6.07, 6.45) is 1.32. The van der Waals surface area contributed by atoms with Crippen LogP contribution in [0, 0.1) is 5.92 Å². The molecule has 1 aliphatic carbocycles. The molecule has 21 heavy (non-hydrogen) atoms. The molecule has 116 valence electrons. The number of aliphatic carboxylic acids is 1. The van der Waals surface area contributed by atoms with Gasteiger partial charge in [0, 0.05) is 13.0 Å². The Kier molecular flexibility index (Phi) is 4.54. The Morgan fingerprint density at radius 3 is 2.62 bits per heavy atom. The van der Waals surface area contributed by atoms with Crippen LogP contribution in [0.25, 0.3) is 0 Å². The van der Waals surface area contributed by atoms with Crippen LogP contribution >= 0.6 is 11.3 Å². The van der Waals surface area contributed by atoms with Gasteiger partial charge in [-0.15, -0.1) is 10.2 Å². The van der Waals surface area contributed by atoms with Gasteiger partial charge in [-0.2, -0.15) is 0 Å². The van der Waals surface area contributed by atoms with Gasteiger partial charge in [0.15, 0.2) is 0 Å². The van der Waals surface area contributed by atoms with E-state index in [0.717, 1.165) is 12.8 Å². The fourth-order valence-corrected chi connectivity index (χ4v) is 4.03. The lowest BCUT2D eigenvalue weighted by molar-refractivity contribution is -0.137. The number of aromatic nitrogens is 2. The van der Waals surface area contributed by atoms with Gasteiger partial charge >= 0.3 is 5.97 Å². The van der Waals surface area contributed by atoms with Gasteiger partial charge in [-0.3, -0.25) is 9.59 Å². The van der Waals surface area contributed by atoms with Crippen molar-refractivity contribution in [1.29, 1.82) is 0 Å². The molecule has 1 aromatic rings. The molecule has 1 aromatic heterocycles. The Hall–Kier alpha value is -1.59. The minimum atomic E-state index is -3.94. The number of carboxylic acid groups (broad SMARTS) is 1. The summed E-state index contributed by atoms with van der Waals surface area (Å²) < 4.78 is 26.3. The van der Waals surface area contributed by atoms with E-state index in [9.17, 15) is 18.0 Å². The predicted molar refractivity (Wildman–Crippen MR) is 73.3 cm³/mol. The number of hydrogen-bond donors (Lipinski definition) is 3. The number of rotatable bonds is 7. The van der Waals surface area contributed by atoms with Gasteiger partial charge in [-0.25, -0.2) is 13.1 Å². The maximum atomic E-state index is 12.1. The van der Waals surface area contributed by atoms with Crippen molar-refractivity contribution in [2.75, 3.05) is 5.32 Å². The van der Waals surface area contributed by atoms with Gasteiger partial charge in [0.25, 0.3) is 10.0 Å². The van der Waals surface area contributed by atoms with Gasteiger partial charge in [0.05, 0.1) is 6.42 Å². The Balaban J connectivity index is 2.11. The van der Waals surface area contributed by atoms with Gasteiger partial charge in [-0.05, 0) is 18.8 Å². The lowest BCUT2D eigenvalue weighted by Gasteiger charge is -2.14. The molecule has 1 aliphatic rings. The van der Waals surface area contributed by atoms with Gasteiger partial charge in [0.1, 0.15) is 0 Å². The van der Waals surface area contributed by atoms with E-state index in [-0.39, 0.29) is 27.7 Å². The smallest absolute Gasteiger partial charge is 0.304 e. The molecule has 1 saturated carbocycles. The van der Waals surface area contributed by atoms with Crippen molar-refractivity contribution < 1.29 is 23.1 Å². The normalized spacial score (nSPS) is 16.4. The summed E-state index contributed by atoms with van der Waals surface area (Å²) in [5, 5.41) is 18.3. The van der Waals surface area contributed by atoms with Gasteiger partial charge in [0.2, 0.25) is 15.4 Å². The zero-order chi connectivity index (χ0) is 15.6. The Morgan fingerprint density at radius 2 is 2.10 bits per heavy atom. The third-order valence-corrected chi connectivity index (χ3v) is 5.51. The van der Waals surface area contributed by atoms with Crippen LogP contribution in [-0.4, -0.2) is 41.6 Å². The molecule has 0 bridgehead atoms. The number of amides is 1. The van der Waals surface area contributed by atoms with Crippen LogP contribution in [0.2, 0.25) is 0 Å². The number of nitrogens with zero attached hydrogens (tertiary/aromatic N) is 2. The monoisotopic (exact) mass is 334 g/mol. The van der Waals surface area contributed by atoms with Crippen molar-refractivity contribution in [3.05, 3.63) is 0 Å². The molecule has 1 fully saturated rings. The molecular formula is C10H14N4O5S2. The first-order chi connectivity index (χ1) is 9.78. The third-order valence-electron chi connectivity index (χ3n) is 2.81. The average molecular weight is 334 g/mol. The Labute approximate surface area is 124 Å². The minimum Gasteiger partial charge on any atom is -0.481 e. The van der Waals surface area contributed by atoms with Crippen molar-refractivity contribution in [2.45, 2.75) is 36.6 Å². The fraction of sp³-hybridized carbons (Fsp3) is 0.600. The molecule has 1 heterocycles. The molecule has 1 unspecified atom stereocenters. The summed E-state index contributed by atoms with van der Waals surface area (Å²) in [5.41, 5.74) is 0. The highest BCUT2D eigenvalue weighted by atomic mass is 32.2. The molecule has 0 saturated heterocycles. The van der Waals surface area contributed by atoms with E-state index in [1.165, 1.54) is 6.92 Å². The topological polar surface area (TPSA) is 138 Å². The molecule has 11 heteroatoms. The lowest BCUT2D eigenvalue weighted by Crippen LogP contribution is -2.38. The molecule has 9 nitrogen and oxygen atoms in total. The Morgan fingerprint density at radius 1 is 1.43 bits per heavy atom. The summed E-state index contributed by atoms with van der Waals surface area (Å²) in [5.74, 6) is -1.41. The molecular weight excluding hydrogens is 320 g/mol. The van der Waals surface area contributed by atoms with Crippen LogP contribution in [-0.2, 0) is 19.6 Å². The Bertz CT molecular complexity index is 652. The highest BCUT2D eigenvalue weighted by Crippen LogP contribution is 2.35. The molecule has 0 spiro atoms. The van der Waals surface area contributed by atoms with Crippen molar-refractivity contribution in [3.8, 4) is 0 Å². The molecule has 1 atom stereocenters. The second kappa shape index (κ2) is 6.03. The number of sulfonamides is 1. The summed E-state index contributed by atoms with van der Waals surface area (Å²) in [6.45, 7) is 1.27. The van der Waals surface area contributed by atoms with E-state index in [2.05, 4.69) is 20.2 Å². The van der Waals surface area contributed by atoms with Crippen molar-refractivity contribution >= 4 is 38.4 Å². The highest BCUT2D eigenvalue weighted by molar-refractivity contribution is 7.91. The van der Waals surface area contributed by atoms with E-state index in [1.807, 2.05) is 0 Å². The van der Waals surface area contributed by atoms with Crippen LogP contribution in [0.3, 0.4) is 0 Å². The van der Waals surface area contributed by atoms with Crippen LogP contribution in [0.15, 0.2) is 4.34 Å². The van der Waals surface area contributed by atoms with Crippen LogP contribution < -0.4 is 10.0 Å². The molecule has 0 aliphatic heterocycles. The molecule has 3 N–H and O–H groups in total. The molecule has 1 amide bonds. The fourth-order valence-electron chi connectivity index (χ4n) is 1.76. The van der Waals surface area contributed by atoms with Crippen molar-refractivity contribution in [3.63, 3.8) is 0 Å². The number of carbonyl (C=O) groups excluding carboxylic acids is 1. The summed E-state index contributed by atoms with van der Waals surface area (Å²) in [4.78, 5) is 21.6. The maximum Gasteiger partial charge on any atom is 0.304 e.